The maximum absolute atomic E-state index is 13.4. The minimum atomic E-state index is -0.342. The molecule has 0 aliphatic carbocycles. The van der Waals surface area contributed by atoms with Crippen molar-refractivity contribution in [3.63, 3.8) is 0 Å². The first-order valence-electron chi connectivity index (χ1n) is 9.97. The van der Waals surface area contributed by atoms with E-state index in [4.69, 9.17) is 16.1 Å². The zero-order chi connectivity index (χ0) is 21.2. The van der Waals surface area contributed by atoms with Crippen molar-refractivity contribution >= 4 is 23.1 Å². The summed E-state index contributed by atoms with van der Waals surface area (Å²) in [6, 6.07) is 17.9. The van der Waals surface area contributed by atoms with Gasteiger partial charge in [-0.25, -0.2) is 9.37 Å². The first-order chi connectivity index (χ1) is 15.2. The number of hydrogen-bond donors (Lipinski definition) is 0. The Balaban J connectivity index is 1.25. The smallest absolute Gasteiger partial charge is 0.259 e. The van der Waals surface area contributed by atoms with Gasteiger partial charge in [-0.05, 0) is 48.5 Å². The molecule has 8 heteroatoms. The van der Waals surface area contributed by atoms with Crippen LogP contribution in [0.3, 0.4) is 0 Å². The van der Waals surface area contributed by atoms with Crippen molar-refractivity contribution in [2.75, 3.05) is 36.0 Å². The molecular weight excluding hydrogens is 417 g/mol. The van der Waals surface area contributed by atoms with E-state index in [1.807, 2.05) is 36.4 Å². The number of anilines is 2. The molecule has 4 aromatic rings. The van der Waals surface area contributed by atoms with E-state index in [1.165, 1.54) is 17.8 Å². The van der Waals surface area contributed by atoms with Gasteiger partial charge in [-0.3, -0.25) is 0 Å². The number of nitrogens with zero attached hydrogens (tertiary/aromatic N) is 5. The van der Waals surface area contributed by atoms with E-state index in [1.54, 1.807) is 18.3 Å². The Kier molecular flexibility index (Phi) is 5.26. The lowest BCUT2D eigenvalue weighted by atomic mass is 10.2. The molecule has 1 aliphatic heterocycles. The minimum absolute atomic E-state index is 0.342. The van der Waals surface area contributed by atoms with Gasteiger partial charge in [-0.2, -0.15) is 4.98 Å². The summed E-state index contributed by atoms with van der Waals surface area (Å²) < 4.78 is 18.8. The Bertz CT molecular complexity index is 1170. The largest absolute Gasteiger partial charge is 0.368 e. The van der Waals surface area contributed by atoms with Crippen LogP contribution in [0.25, 0.3) is 22.8 Å². The molecule has 31 heavy (non-hydrogen) atoms. The average molecular weight is 436 g/mol. The predicted molar refractivity (Wildman–Crippen MR) is 119 cm³/mol. The molecule has 0 saturated carbocycles. The van der Waals surface area contributed by atoms with Gasteiger partial charge in [0.2, 0.25) is 5.82 Å². The molecule has 0 unspecified atom stereocenters. The molecule has 1 aliphatic rings. The molecule has 5 rings (SSSR count). The van der Waals surface area contributed by atoms with Crippen molar-refractivity contribution in [1.82, 2.24) is 15.1 Å². The number of rotatable bonds is 4. The summed E-state index contributed by atoms with van der Waals surface area (Å²) in [6.45, 7) is 3.57. The lowest BCUT2D eigenvalue weighted by Crippen LogP contribution is -2.46. The molecule has 0 atom stereocenters. The van der Waals surface area contributed by atoms with Crippen molar-refractivity contribution < 1.29 is 8.91 Å². The Morgan fingerprint density at radius 2 is 1.65 bits per heavy atom. The predicted octanol–water partition coefficient (Wildman–Crippen LogP) is 4.92. The van der Waals surface area contributed by atoms with Crippen molar-refractivity contribution in [2.45, 2.75) is 0 Å². The van der Waals surface area contributed by atoms with Gasteiger partial charge in [0.25, 0.3) is 5.89 Å². The Morgan fingerprint density at radius 1 is 0.871 bits per heavy atom. The molecule has 6 nitrogen and oxygen atoms in total. The van der Waals surface area contributed by atoms with E-state index < -0.39 is 0 Å². The average Bonchev–Trinajstić information content (AvgIpc) is 3.30. The second kappa shape index (κ2) is 8.35. The fraction of sp³-hybridized carbons (Fsp3) is 0.174. The third-order valence-electron chi connectivity index (χ3n) is 5.30. The molecule has 0 spiro atoms. The summed E-state index contributed by atoms with van der Waals surface area (Å²) in [7, 11) is 0. The molecule has 2 aromatic heterocycles. The topological polar surface area (TPSA) is 58.3 Å². The summed E-state index contributed by atoms with van der Waals surface area (Å²) >= 11 is 5.98. The molecule has 3 heterocycles. The third kappa shape index (κ3) is 4.22. The molecule has 0 bridgehead atoms. The molecule has 0 N–H and O–H groups in total. The number of pyridine rings is 1. The van der Waals surface area contributed by atoms with Gasteiger partial charge in [0.15, 0.2) is 0 Å². The highest BCUT2D eigenvalue weighted by atomic mass is 35.5. The van der Waals surface area contributed by atoms with Crippen LogP contribution in [0.15, 0.2) is 71.4 Å². The number of hydrogen-bond acceptors (Lipinski definition) is 6. The van der Waals surface area contributed by atoms with Crippen LogP contribution in [0.4, 0.5) is 15.9 Å². The number of halogens is 2. The zero-order valence-electron chi connectivity index (χ0n) is 16.6. The Morgan fingerprint density at radius 3 is 2.35 bits per heavy atom. The molecule has 2 aromatic carbocycles. The van der Waals surface area contributed by atoms with Gasteiger partial charge >= 0.3 is 0 Å². The van der Waals surface area contributed by atoms with Crippen molar-refractivity contribution in [1.29, 1.82) is 0 Å². The van der Waals surface area contributed by atoms with Crippen LogP contribution in [0.1, 0.15) is 0 Å². The Labute approximate surface area is 183 Å². The molecule has 1 fully saturated rings. The standard InChI is InChI=1S/C23H19ClFN5O/c24-18-5-7-20(8-6-18)29-10-12-30(13-11-29)21-9-4-17(15-26-21)23-27-22(28-31-23)16-2-1-3-19(25)14-16/h1-9,14-15H,10-13H2. The van der Waals surface area contributed by atoms with Crippen LogP contribution in [0.2, 0.25) is 5.02 Å². The summed E-state index contributed by atoms with van der Waals surface area (Å²) in [5.74, 6) is 1.26. The van der Waals surface area contributed by atoms with Crippen LogP contribution in [-0.2, 0) is 0 Å². The van der Waals surface area contributed by atoms with Gasteiger partial charge in [0.1, 0.15) is 11.6 Å². The van der Waals surface area contributed by atoms with Gasteiger partial charge in [-0.15, -0.1) is 0 Å². The summed E-state index contributed by atoms with van der Waals surface area (Å²) in [4.78, 5) is 13.5. The van der Waals surface area contributed by atoms with Crippen LogP contribution in [0, 0.1) is 5.82 Å². The highest BCUT2D eigenvalue weighted by molar-refractivity contribution is 6.30. The van der Waals surface area contributed by atoms with Crippen LogP contribution >= 0.6 is 11.6 Å². The molecule has 1 saturated heterocycles. The van der Waals surface area contributed by atoms with Gasteiger partial charge in [-0.1, -0.05) is 28.9 Å². The van der Waals surface area contributed by atoms with Crippen LogP contribution in [0.5, 0.6) is 0 Å². The van der Waals surface area contributed by atoms with Crippen LogP contribution < -0.4 is 9.80 Å². The normalized spacial score (nSPS) is 14.1. The molecule has 156 valence electrons. The maximum Gasteiger partial charge on any atom is 0.259 e. The van der Waals surface area contributed by atoms with Gasteiger partial charge in [0.05, 0.1) is 5.56 Å². The first kappa shape index (κ1) is 19.5. The highest BCUT2D eigenvalue weighted by Crippen LogP contribution is 2.25. The number of benzene rings is 2. The Hall–Kier alpha value is -3.45. The lowest BCUT2D eigenvalue weighted by molar-refractivity contribution is 0.432. The minimum Gasteiger partial charge on any atom is -0.368 e. The summed E-state index contributed by atoms with van der Waals surface area (Å²) in [5, 5.41) is 4.70. The number of aromatic nitrogens is 3. The van der Waals surface area contributed by atoms with Crippen molar-refractivity contribution in [3.8, 4) is 22.8 Å². The fourth-order valence-corrected chi connectivity index (χ4v) is 3.76. The van der Waals surface area contributed by atoms with Gasteiger partial charge in [0, 0.05) is 48.6 Å². The number of piperazine rings is 1. The van der Waals surface area contributed by atoms with E-state index in [0.29, 0.717) is 17.3 Å². The van der Waals surface area contributed by atoms with E-state index >= 15 is 0 Å². The molecular formula is C23H19ClFN5O. The second-order valence-electron chi connectivity index (χ2n) is 7.29. The molecule has 0 amide bonds. The lowest BCUT2D eigenvalue weighted by Gasteiger charge is -2.36. The highest BCUT2D eigenvalue weighted by Gasteiger charge is 2.19. The first-order valence-corrected chi connectivity index (χ1v) is 10.3. The van der Waals surface area contributed by atoms with Crippen molar-refractivity contribution in [3.05, 3.63) is 77.7 Å². The second-order valence-corrected chi connectivity index (χ2v) is 7.73. The quantitative estimate of drug-likeness (QED) is 0.453. The summed E-state index contributed by atoms with van der Waals surface area (Å²) in [5.41, 5.74) is 2.47. The zero-order valence-corrected chi connectivity index (χ0v) is 17.3. The monoisotopic (exact) mass is 435 g/mol. The van der Waals surface area contributed by atoms with E-state index in [2.05, 4.69) is 24.9 Å². The fourth-order valence-electron chi connectivity index (χ4n) is 3.63. The maximum atomic E-state index is 13.4. The summed E-state index contributed by atoms with van der Waals surface area (Å²) in [6.07, 6.45) is 1.73. The molecule has 0 radical (unpaired) electrons. The van der Waals surface area contributed by atoms with E-state index in [-0.39, 0.29) is 5.82 Å². The van der Waals surface area contributed by atoms with Crippen LogP contribution in [-0.4, -0.2) is 41.3 Å². The van der Waals surface area contributed by atoms with E-state index in [9.17, 15) is 4.39 Å². The van der Waals surface area contributed by atoms with Crippen molar-refractivity contribution in [2.24, 2.45) is 0 Å². The SMILES string of the molecule is Fc1cccc(-c2noc(-c3ccc(N4CCN(c5ccc(Cl)cc5)CC4)nc3)n2)c1. The van der Waals surface area contributed by atoms with E-state index in [0.717, 1.165) is 42.6 Å². The van der Waals surface area contributed by atoms with Gasteiger partial charge < -0.3 is 14.3 Å². The third-order valence-corrected chi connectivity index (χ3v) is 5.55.